The molecule has 1 rings (SSSR count). The largest absolute Gasteiger partial charge is 0.448 e. The Kier molecular flexibility index (Phi) is 3.13. The quantitative estimate of drug-likeness (QED) is 0.521. The highest BCUT2D eigenvalue weighted by Gasteiger charge is 2.16. The minimum absolute atomic E-state index is 0.325. The van der Waals surface area contributed by atoms with Crippen molar-refractivity contribution in [2.75, 3.05) is 26.4 Å². The molecular weight excluding hydrogens is 148 g/mol. The predicted molar refractivity (Wildman–Crippen MR) is 38.1 cm³/mol. The molecule has 1 aliphatic heterocycles. The van der Waals surface area contributed by atoms with Crippen LogP contribution in [0.15, 0.2) is 0 Å². The Labute approximate surface area is 64.8 Å². The van der Waals surface area contributed by atoms with E-state index in [1.54, 1.807) is 0 Å². The third-order valence-electron chi connectivity index (χ3n) is 1.42. The maximum Gasteiger partial charge on any atom is 0.404 e. The molecule has 64 valence electrons. The number of hydrogen-bond acceptors (Lipinski definition) is 4. The first-order valence-corrected chi connectivity index (χ1v) is 3.52. The summed E-state index contributed by atoms with van der Waals surface area (Å²) in [5.74, 6) is 0. The van der Waals surface area contributed by atoms with Gasteiger partial charge >= 0.3 is 6.09 Å². The van der Waals surface area contributed by atoms with E-state index < -0.39 is 6.09 Å². The second kappa shape index (κ2) is 4.15. The van der Waals surface area contributed by atoms with Crippen molar-refractivity contribution in [1.82, 2.24) is 5.32 Å². The van der Waals surface area contributed by atoms with Crippen molar-refractivity contribution in [3.05, 3.63) is 0 Å². The van der Waals surface area contributed by atoms with Gasteiger partial charge in [0, 0.05) is 6.54 Å². The molecule has 1 amide bonds. The lowest BCUT2D eigenvalue weighted by molar-refractivity contribution is -0.00654. The van der Waals surface area contributed by atoms with E-state index in [1.807, 2.05) is 0 Å². The summed E-state index contributed by atoms with van der Waals surface area (Å²) >= 11 is 0. The topological polar surface area (TPSA) is 73.6 Å². The highest BCUT2D eigenvalue weighted by atomic mass is 16.5. The van der Waals surface area contributed by atoms with Gasteiger partial charge in [0.05, 0.1) is 19.3 Å². The molecule has 11 heavy (non-hydrogen) atoms. The summed E-state index contributed by atoms with van der Waals surface area (Å²) in [6.45, 7) is 2.45. The average Bonchev–Trinajstić information content (AvgIpc) is 1.82. The fraction of sp³-hybridized carbons (Fsp3) is 0.833. The van der Waals surface area contributed by atoms with E-state index >= 15 is 0 Å². The van der Waals surface area contributed by atoms with Gasteiger partial charge in [0.2, 0.25) is 0 Å². The van der Waals surface area contributed by atoms with Crippen molar-refractivity contribution in [3.8, 4) is 0 Å². The van der Waals surface area contributed by atoms with Gasteiger partial charge < -0.3 is 20.5 Å². The Morgan fingerprint density at radius 3 is 2.91 bits per heavy atom. The molecule has 0 aromatic heterocycles. The first kappa shape index (κ1) is 8.29. The fourth-order valence-corrected chi connectivity index (χ4v) is 0.768. The fourth-order valence-electron chi connectivity index (χ4n) is 0.768. The lowest BCUT2D eigenvalue weighted by Gasteiger charge is -2.26. The lowest BCUT2D eigenvalue weighted by atomic mass is 10.2. The van der Waals surface area contributed by atoms with Crippen LogP contribution >= 0.6 is 0 Å². The van der Waals surface area contributed by atoms with E-state index in [0.717, 1.165) is 13.2 Å². The third kappa shape index (κ3) is 3.20. The van der Waals surface area contributed by atoms with E-state index in [0.29, 0.717) is 19.2 Å². The average molecular weight is 160 g/mol. The number of nitrogens with one attached hydrogen (secondary N) is 1. The number of rotatable bonds is 4. The van der Waals surface area contributed by atoms with Crippen LogP contribution in [0.2, 0.25) is 0 Å². The minimum Gasteiger partial charge on any atom is -0.448 e. The zero-order chi connectivity index (χ0) is 8.10. The number of hydrogen-bond donors (Lipinski definition) is 2. The standard InChI is InChI=1S/C6H12N2O3/c7-6(9)11-2-1-8-5-3-10-4-5/h5,8H,1-4H2,(H2,7,9). The molecule has 0 aromatic rings. The Morgan fingerprint density at radius 2 is 2.45 bits per heavy atom. The summed E-state index contributed by atoms with van der Waals surface area (Å²) in [4.78, 5) is 10.1. The molecule has 5 nitrogen and oxygen atoms in total. The summed E-state index contributed by atoms with van der Waals surface area (Å²) in [5, 5.41) is 3.12. The van der Waals surface area contributed by atoms with Crippen LogP contribution in [0, 0.1) is 0 Å². The molecule has 0 radical (unpaired) electrons. The summed E-state index contributed by atoms with van der Waals surface area (Å²) in [7, 11) is 0. The van der Waals surface area contributed by atoms with Crippen LogP contribution in [-0.2, 0) is 9.47 Å². The van der Waals surface area contributed by atoms with Gasteiger partial charge in [-0.1, -0.05) is 0 Å². The summed E-state index contributed by atoms with van der Waals surface area (Å²) in [5.41, 5.74) is 4.74. The van der Waals surface area contributed by atoms with Crippen LogP contribution in [0.5, 0.6) is 0 Å². The van der Waals surface area contributed by atoms with Gasteiger partial charge in [-0.25, -0.2) is 4.79 Å². The maximum absolute atomic E-state index is 10.1. The monoisotopic (exact) mass is 160 g/mol. The highest BCUT2D eigenvalue weighted by Crippen LogP contribution is 1.97. The van der Waals surface area contributed by atoms with Crippen LogP contribution in [0.3, 0.4) is 0 Å². The Hall–Kier alpha value is -0.810. The molecular formula is C6H12N2O3. The molecule has 0 unspecified atom stereocenters. The van der Waals surface area contributed by atoms with Crippen molar-refractivity contribution < 1.29 is 14.3 Å². The summed E-state index contributed by atoms with van der Waals surface area (Å²) in [6.07, 6.45) is -0.725. The van der Waals surface area contributed by atoms with Gasteiger partial charge in [-0.2, -0.15) is 0 Å². The van der Waals surface area contributed by atoms with Gasteiger partial charge in [-0.15, -0.1) is 0 Å². The van der Waals surface area contributed by atoms with Crippen LogP contribution in [-0.4, -0.2) is 38.5 Å². The van der Waals surface area contributed by atoms with Crippen LogP contribution in [0.4, 0.5) is 4.79 Å². The molecule has 1 heterocycles. The van der Waals surface area contributed by atoms with Crippen molar-refractivity contribution in [2.45, 2.75) is 6.04 Å². The maximum atomic E-state index is 10.1. The normalized spacial score (nSPS) is 17.5. The number of nitrogens with two attached hydrogens (primary N) is 1. The molecule has 0 saturated carbocycles. The van der Waals surface area contributed by atoms with Crippen LogP contribution < -0.4 is 11.1 Å². The molecule has 3 N–H and O–H groups in total. The Morgan fingerprint density at radius 1 is 1.73 bits per heavy atom. The first-order valence-electron chi connectivity index (χ1n) is 3.52. The predicted octanol–water partition coefficient (Wildman–Crippen LogP) is -0.930. The molecule has 0 bridgehead atoms. The van der Waals surface area contributed by atoms with Crippen LogP contribution in [0.1, 0.15) is 0 Å². The second-order valence-electron chi connectivity index (χ2n) is 2.36. The number of carbonyl (C=O) groups excluding carboxylic acids is 1. The van der Waals surface area contributed by atoms with Gasteiger partial charge in [0.25, 0.3) is 0 Å². The molecule has 1 fully saturated rings. The van der Waals surface area contributed by atoms with Gasteiger partial charge in [-0.05, 0) is 0 Å². The van der Waals surface area contributed by atoms with E-state index in [2.05, 4.69) is 10.1 Å². The second-order valence-corrected chi connectivity index (χ2v) is 2.36. The molecule has 1 aliphatic rings. The molecule has 0 aliphatic carbocycles. The molecule has 5 heteroatoms. The van der Waals surface area contributed by atoms with Crippen molar-refractivity contribution in [3.63, 3.8) is 0 Å². The minimum atomic E-state index is -0.725. The SMILES string of the molecule is NC(=O)OCCNC1COC1. The van der Waals surface area contributed by atoms with Crippen LogP contribution in [0.25, 0.3) is 0 Å². The van der Waals surface area contributed by atoms with Crippen molar-refractivity contribution in [1.29, 1.82) is 0 Å². The zero-order valence-electron chi connectivity index (χ0n) is 6.21. The highest BCUT2D eigenvalue weighted by molar-refractivity contribution is 5.64. The number of primary amides is 1. The van der Waals surface area contributed by atoms with E-state index in [9.17, 15) is 4.79 Å². The Balaban J connectivity index is 1.83. The summed E-state index contributed by atoms with van der Waals surface area (Å²) < 4.78 is 9.41. The first-order chi connectivity index (χ1) is 5.29. The smallest absolute Gasteiger partial charge is 0.404 e. The van der Waals surface area contributed by atoms with Crippen molar-refractivity contribution in [2.24, 2.45) is 5.73 Å². The van der Waals surface area contributed by atoms with E-state index in [4.69, 9.17) is 10.5 Å². The van der Waals surface area contributed by atoms with E-state index in [-0.39, 0.29) is 0 Å². The van der Waals surface area contributed by atoms with Gasteiger partial charge in [-0.3, -0.25) is 0 Å². The molecule has 0 atom stereocenters. The molecule has 0 spiro atoms. The number of ether oxygens (including phenoxy) is 2. The summed E-state index contributed by atoms with van der Waals surface area (Å²) in [6, 6.07) is 0.423. The van der Waals surface area contributed by atoms with Gasteiger partial charge in [0.1, 0.15) is 6.61 Å². The van der Waals surface area contributed by atoms with Gasteiger partial charge in [0.15, 0.2) is 0 Å². The Bertz CT molecular complexity index is 136. The number of carbonyl (C=O) groups is 1. The zero-order valence-corrected chi connectivity index (χ0v) is 6.21. The van der Waals surface area contributed by atoms with E-state index in [1.165, 1.54) is 0 Å². The molecule has 0 aromatic carbocycles. The lowest BCUT2D eigenvalue weighted by Crippen LogP contribution is -2.47. The number of amides is 1. The van der Waals surface area contributed by atoms with Crippen molar-refractivity contribution >= 4 is 6.09 Å². The third-order valence-corrected chi connectivity index (χ3v) is 1.42. The molecule has 1 saturated heterocycles.